The lowest BCUT2D eigenvalue weighted by molar-refractivity contribution is -0.137. The lowest BCUT2D eigenvalue weighted by Crippen LogP contribution is -2.26. The zero-order valence-electron chi connectivity index (χ0n) is 20.1. The van der Waals surface area contributed by atoms with Crippen molar-refractivity contribution in [2.45, 2.75) is 25.6 Å². The lowest BCUT2D eigenvalue weighted by atomic mass is 10.1. The molecule has 0 fully saturated rings. The first kappa shape index (κ1) is 28.7. The predicted molar refractivity (Wildman–Crippen MR) is 137 cm³/mol. The third-order valence-corrected chi connectivity index (χ3v) is 5.46. The Balaban J connectivity index is 1.34. The maximum atomic E-state index is 13.2. The third kappa shape index (κ3) is 8.89. The standard InChI is InChI=1S/C25H26ClF3N6O3/c26-20-11-18(35-21-5-2-1-4-19(21)25(27,28)29)14-33-22(20)15-34-23(36)6-9-38-8-3-7-32-24(37)16-10-17(30)13-31-12-16/h1-2,4-5,10-14,35H,3,6-9,15,30H2,(H,32,37)(H,34,36). The summed E-state index contributed by atoms with van der Waals surface area (Å²) in [5.41, 5.74) is 6.07. The van der Waals surface area contributed by atoms with Crippen LogP contribution in [0, 0.1) is 0 Å². The summed E-state index contributed by atoms with van der Waals surface area (Å²) in [6.07, 6.45) is 0.354. The summed E-state index contributed by atoms with van der Waals surface area (Å²) in [4.78, 5) is 32.1. The maximum Gasteiger partial charge on any atom is 0.418 e. The van der Waals surface area contributed by atoms with E-state index in [1.54, 1.807) is 0 Å². The van der Waals surface area contributed by atoms with Crippen LogP contribution in [0.2, 0.25) is 5.02 Å². The van der Waals surface area contributed by atoms with Crippen LogP contribution in [-0.4, -0.2) is 41.5 Å². The highest BCUT2D eigenvalue weighted by atomic mass is 35.5. The molecule has 0 aliphatic rings. The van der Waals surface area contributed by atoms with Crippen molar-refractivity contribution in [2.24, 2.45) is 0 Å². The molecule has 202 valence electrons. The van der Waals surface area contributed by atoms with Crippen molar-refractivity contribution >= 4 is 40.5 Å². The molecule has 0 radical (unpaired) electrons. The van der Waals surface area contributed by atoms with E-state index in [4.69, 9.17) is 22.1 Å². The lowest BCUT2D eigenvalue weighted by Gasteiger charge is -2.15. The van der Waals surface area contributed by atoms with Gasteiger partial charge in [0, 0.05) is 32.0 Å². The van der Waals surface area contributed by atoms with E-state index in [-0.39, 0.29) is 47.8 Å². The number of carbonyl (C=O) groups excluding carboxylic acids is 2. The van der Waals surface area contributed by atoms with Gasteiger partial charge in [-0.05, 0) is 30.7 Å². The van der Waals surface area contributed by atoms with E-state index in [0.717, 1.165) is 6.07 Å². The molecule has 0 saturated heterocycles. The molecular formula is C25H26ClF3N6O3. The number of ether oxygens (including phenoxy) is 1. The molecule has 0 aliphatic carbocycles. The number of carbonyl (C=O) groups is 2. The van der Waals surface area contributed by atoms with Crippen molar-refractivity contribution in [1.29, 1.82) is 0 Å². The van der Waals surface area contributed by atoms with Crippen LogP contribution in [-0.2, 0) is 22.3 Å². The molecule has 0 spiro atoms. The molecule has 0 aliphatic heterocycles. The number of benzene rings is 1. The molecule has 9 nitrogen and oxygen atoms in total. The van der Waals surface area contributed by atoms with E-state index in [1.807, 2.05) is 0 Å². The van der Waals surface area contributed by atoms with Crippen molar-refractivity contribution in [3.63, 3.8) is 0 Å². The molecule has 5 N–H and O–H groups in total. The molecule has 3 aromatic rings. The van der Waals surface area contributed by atoms with Crippen LogP contribution in [0.1, 0.15) is 34.5 Å². The number of pyridine rings is 2. The zero-order valence-corrected chi connectivity index (χ0v) is 20.9. The van der Waals surface area contributed by atoms with Crippen LogP contribution in [0.4, 0.5) is 30.2 Å². The normalized spacial score (nSPS) is 11.2. The first-order valence-electron chi connectivity index (χ1n) is 11.5. The molecule has 2 amide bonds. The topological polar surface area (TPSA) is 131 Å². The quantitative estimate of drug-likeness (QED) is 0.247. The summed E-state index contributed by atoms with van der Waals surface area (Å²) < 4.78 is 45.0. The van der Waals surface area contributed by atoms with Gasteiger partial charge in [-0.1, -0.05) is 23.7 Å². The Kier molecular flexibility index (Phi) is 10.3. The van der Waals surface area contributed by atoms with Crippen molar-refractivity contribution in [3.8, 4) is 0 Å². The predicted octanol–water partition coefficient (Wildman–Crippen LogP) is 4.32. The number of nitrogens with zero attached hydrogens (tertiary/aromatic N) is 2. The van der Waals surface area contributed by atoms with Crippen LogP contribution in [0.25, 0.3) is 0 Å². The number of aromatic nitrogens is 2. The number of anilines is 3. The Bertz CT molecular complexity index is 1260. The minimum atomic E-state index is -4.51. The molecule has 0 unspecified atom stereocenters. The van der Waals surface area contributed by atoms with Gasteiger partial charge in [0.2, 0.25) is 5.91 Å². The Morgan fingerprint density at radius 3 is 2.58 bits per heavy atom. The number of amides is 2. The van der Waals surface area contributed by atoms with Gasteiger partial charge in [-0.15, -0.1) is 0 Å². The number of nitrogens with two attached hydrogens (primary N) is 1. The summed E-state index contributed by atoms with van der Waals surface area (Å²) in [6, 6.07) is 8.04. The number of hydrogen-bond donors (Lipinski definition) is 4. The number of nitrogens with one attached hydrogen (secondary N) is 3. The molecule has 0 atom stereocenters. The summed E-state index contributed by atoms with van der Waals surface area (Å²) in [7, 11) is 0. The van der Waals surface area contributed by atoms with E-state index < -0.39 is 11.7 Å². The van der Waals surface area contributed by atoms with Crippen molar-refractivity contribution in [2.75, 3.05) is 30.8 Å². The molecule has 38 heavy (non-hydrogen) atoms. The summed E-state index contributed by atoms with van der Waals surface area (Å²) in [6.45, 7) is 0.961. The van der Waals surface area contributed by atoms with Crippen LogP contribution in [0.3, 0.4) is 0 Å². The number of nitrogen functional groups attached to an aromatic ring is 1. The largest absolute Gasteiger partial charge is 0.418 e. The van der Waals surface area contributed by atoms with E-state index in [2.05, 4.69) is 25.9 Å². The van der Waals surface area contributed by atoms with Gasteiger partial charge in [0.15, 0.2) is 0 Å². The minimum Gasteiger partial charge on any atom is -0.397 e. The second kappa shape index (κ2) is 13.6. The summed E-state index contributed by atoms with van der Waals surface area (Å²) in [5.74, 6) is -0.571. The van der Waals surface area contributed by atoms with E-state index in [9.17, 15) is 22.8 Å². The molecule has 1 aromatic carbocycles. The minimum absolute atomic E-state index is 0.0436. The summed E-state index contributed by atoms with van der Waals surface area (Å²) >= 11 is 6.21. The van der Waals surface area contributed by atoms with Crippen molar-refractivity contribution in [1.82, 2.24) is 20.6 Å². The van der Waals surface area contributed by atoms with E-state index >= 15 is 0 Å². The van der Waals surface area contributed by atoms with Crippen molar-refractivity contribution in [3.05, 3.63) is 76.8 Å². The smallest absolute Gasteiger partial charge is 0.397 e. The fourth-order valence-corrected chi connectivity index (χ4v) is 3.49. The van der Waals surface area contributed by atoms with Crippen LogP contribution in [0.5, 0.6) is 0 Å². The number of alkyl halides is 3. The first-order chi connectivity index (χ1) is 18.1. The maximum absolute atomic E-state index is 13.2. The number of hydrogen-bond acceptors (Lipinski definition) is 7. The number of para-hydroxylation sites is 1. The molecule has 0 saturated carbocycles. The Labute approximate surface area is 221 Å². The fraction of sp³-hybridized carbons (Fsp3) is 0.280. The van der Waals surface area contributed by atoms with Crippen LogP contribution >= 0.6 is 11.6 Å². The highest BCUT2D eigenvalue weighted by Crippen LogP contribution is 2.36. The van der Waals surface area contributed by atoms with Gasteiger partial charge in [-0.25, -0.2) is 0 Å². The van der Waals surface area contributed by atoms with Gasteiger partial charge in [0.05, 0.1) is 58.3 Å². The van der Waals surface area contributed by atoms with Gasteiger partial charge < -0.3 is 26.4 Å². The molecule has 0 bridgehead atoms. The second-order valence-electron chi connectivity index (χ2n) is 8.08. The summed E-state index contributed by atoms with van der Waals surface area (Å²) in [5, 5.41) is 8.26. The van der Waals surface area contributed by atoms with Gasteiger partial charge in [-0.3, -0.25) is 19.6 Å². The van der Waals surface area contributed by atoms with Gasteiger partial charge in [0.25, 0.3) is 5.91 Å². The first-order valence-corrected chi connectivity index (χ1v) is 11.9. The number of halogens is 4. The molecule has 13 heteroatoms. The van der Waals surface area contributed by atoms with E-state index in [1.165, 1.54) is 48.9 Å². The van der Waals surface area contributed by atoms with Gasteiger partial charge in [0.1, 0.15) is 0 Å². The second-order valence-corrected chi connectivity index (χ2v) is 8.48. The molecular weight excluding hydrogens is 525 g/mol. The third-order valence-electron chi connectivity index (χ3n) is 5.13. The SMILES string of the molecule is Nc1cncc(C(=O)NCCCOCCC(=O)NCc2ncc(Nc3ccccc3C(F)(F)F)cc2Cl)c1. The molecule has 2 heterocycles. The van der Waals surface area contributed by atoms with Gasteiger partial charge >= 0.3 is 6.18 Å². The monoisotopic (exact) mass is 550 g/mol. The van der Waals surface area contributed by atoms with Crippen LogP contribution < -0.4 is 21.7 Å². The zero-order chi connectivity index (χ0) is 27.5. The highest BCUT2D eigenvalue weighted by molar-refractivity contribution is 6.31. The van der Waals surface area contributed by atoms with E-state index in [0.29, 0.717) is 36.5 Å². The Morgan fingerprint density at radius 2 is 1.84 bits per heavy atom. The number of rotatable bonds is 12. The molecule has 3 rings (SSSR count). The van der Waals surface area contributed by atoms with Crippen LogP contribution in [0.15, 0.2) is 55.0 Å². The Morgan fingerprint density at radius 1 is 1.05 bits per heavy atom. The molecule has 2 aromatic heterocycles. The average Bonchev–Trinajstić information content (AvgIpc) is 2.87. The Hall–Kier alpha value is -3.90. The van der Waals surface area contributed by atoms with Crippen molar-refractivity contribution < 1.29 is 27.5 Å². The van der Waals surface area contributed by atoms with Gasteiger partial charge in [-0.2, -0.15) is 13.2 Å². The highest BCUT2D eigenvalue weighted by Gasteiger charge is 2.33. The average molecular weight is 551 g/mol. The fourth-order valence-electron chi connectivity index (χ4n) is 3.26.